The molecule has 8 aromatic carbocycles. The van der Waals surface area contributed by atoms with E-state index < -0.39 is 0 Å². The average Bonchev–Trinajstić information content (AvgIpc) is 3.85. The summed E-state index contributed by atoms with van der Waals surface area (Å²) in [5.74, 6) is 1.78. The molecule has 0 aliphatic carbocycles. The summed E-state index contributed by atoms with van der Waals surface area (Å²) in [5.41, 5.74) is 11.0. The van der Waals surface area contributed by atoms with Gasteiger partial charge < -0.3 is 4.42 Å². The molecule has 0 unspecified atom stereocenters. The molecule has 0 saturated carbocycles. The van der Waals surface area contributed by atoms with Gasteiger partial charge in [0.25, 0.3) is 0 Å². The fourth-order valence-electron chi connectivity index (χ4n) is 8.00. The first-order valence-electron chi connectivity index (χ1n) is 18.7. The van der Waals surface area contributed by atoms with Gasteiger partial charge in [0.05, 0.1) is 0 Å². The Balaban J connectivity index is 1.19. The summed E-state index contributed by atoms with van der Waals surface area (Å²) in [4.78, 5) is 15.9. The molecule has 0 atom stereocenters. The van der Waals surface area contributed by atoms with Gasteiger partial charge in [-0.15, -0.1) is 11.3 Å². The SMILES string of the molecule is c1ccc(-c2ccccc2-c2nc(-c3ccc4c(c3)oc3ccccc34)nc(-c3cccc(-c4cccc5c4sc4ccccc45)c3-c3ccccc3)n2)cc1. The van der Waals surface area contributed by atoms with Crippen LogP contribution in [0.4, 0.5) is 0 Å². The average molecular weight is 734 g/mol. The Hall–Kier alpha value is -7.21. The lowest BCUT2D eigenvalue weighted by Gasteiger charge is -2.17. The molecule has 0 aliphatic rings. The Labute approximate surface area is 327 Å². The van der Waals surface area contributed by atoms with Gasteiger partial charge in [-0.05, 0) is 46.5 Å². The summed E-state index contributed by atoms with van der Waals surface area (Å²) >= 11 is 1.84. The number of nitrogens with zero attached hydrogens (tertiary/aromatic N) is 3. The third kappa shape index (κ3) is 5.40. The highest BCUT2D eigenvalue weighted by Crippen LogP contribution is 2.46. The van der Waals surface area contributed by atoms with E-state index in [2.05, 4.69) is 158 Å². The van der Waals surface area contributed by atoms with Crippen molar-refractivity contribution in [2.75, 3.05) is 0 Å². The van der Waals surface area contributed by atoms with Crippen LogP contribution < -0.4 is 0 Å². The van der Waals surface area contributed by atoms with E-state index >= 15 is 0 Å². The van der Waals surface area contributed by atoms with Crippen LogP contribution in [0.1, 0.15) is 0 Å². The Morgan fingerprint density at radius 1 is 0.339 bits per heavy atom. The standard InChI is InChI=1S/C51H31N3OS/c1-3-15-32(16-4-1)35-19-7-8-22-42(35)50-52-49(34-29-30-37-36-20-9-11-27-44(36)55-45(37)31-34)53-51(54-50)43-26-13-23-39(47(43)33-17-5-2-6-18-33)41-25-14-24-40-38-21-10-12-28-46(38)56-48(40)41/h1-31H. The van der Waals surface area contributed by atoms with Crippen LogP contribution in [0.25, 0.3) is 110 Å². The van der Waals surface area contributed by atoms with E-state index in [1.165, 1.54) is 25.7 Å². The maximum atomic E-state index is 6.35. The summed E-state index contributed by atoms with van der Waals surface area (Å²) < 4.78 is 8.89. The molecule has 0 N–H and O–H groups in total. The lowest BCUT2D eigenvalue weighted by atomic mass is 9.89. The van der Waals surface area contributed by atoms with E-state index in [4.69, 9.17) is 19.4 Å². The first-order chi connectivity index (χ1) is 27.8. The van der Waals surface area contributed by atoms with E-state index in [1.807, 2.05) is 41.7 Å². The Bertz CT molecular complexity index is 3260. The second-order valence-electron chi connectivity index (χ2n) is 13.9. The van der Waals surface area contributed by atoms with Gasteiger partial charge in [-0.1, -0.05) is 164 Å². The van der Waals surface area contributed by atoms with Crippen LogP contribution in [0.3, 0.4) is 0 Å². The molecule has 3 heterocycles. The van der Waals surface area contributed by atoms with Crippen molar-refractivity contribution in [1.29, 1.82) is 0 Å². The fraction of sp³-hybridized carbons (Fsp3) is 0. The van der Waals surface area contributed by atoms with Gasteiger partial charge in [-0.2, -0.15) is 0 Å². The molecule has 11 rings (SSSR count). The molecule has 262 valence electrons. The number of thiophene rings is 1. The van der Waals surface area contributed by atoms with Crippen LogP contribution in [-0.2, 0) is 0 Å². The van der Waals surface area contributed by atoms with Crippen LogP contribution >= 0.6 is 11.3 Å². The molecule has 11 aromatic rings. The second-order valence-corrected chi connectivity index (χ2v) is 15.0. The highest BCUT2D eigenvalue weighted by Gasteiger charge is 2.22. The molecule has 0 amide bonds. The van der Waals surface area contributed by atoms with Crippen LogP contribution in [0.5, 0.6) is 0 Å². The van der Waals surface area contributed by atoms with Gasteiger partial charge in [0.2, 0.25) is 0 Å². The maximum Gasteiger partial charge on any atom is 0.164 e. The summed E-state index contributed by atoms with van der Waals surface area (Å²) in [6, 6.07) is 65.6. The monoisotopic (exact) mass is 733 g/mol. The van der Waals surface area contributed by atoms with Crippen molar-refractivity contribution in [3.8, 4) is 67.5 Å². The highest BCUT2D eigenvalue weighted by molar-refractivity contribution is 7.26. The summed E-state index contributed by atoms with van der Waals surface area (Å²) in [6.07, 6.45) is 0. The predicted octanol–water partition coefficient (Wildman–Crippen LogP) is 14.1. The molecule has 5 heteroatoms. The first kappa shape index (κ1) is 32.2. The van der Waals surface area contributed by atoms with E-state index in [9.17, 15) is 0 Å². The van der Waals surface area contributed by atoms with Crippen molar-refractivity contribution in [1.82, 2.24) is 15.0 Å². The summed E-state index contributed by atoms with van der Waals surface area (Å²) in [5, 5.41) is 4.68. The van der Waals surface area contributed by atoms with Gasteiger partial charge in [0.15, 0.2) is 17.5 Å². The van der Waals surface area contributed by atoms with Gasteiger partial charge in [0.1, 0.15) is 11.2 Å². The van der Waals surface area contributed by atoms with E-state index in [0.717, 1.165) is 66.4 Å². The van der Waals surface area contributed by atoms with Crippen molar-refractivity contribution in [3.05, 3.63) is 188 Å². The zero-order valence-corrected chi connectivity index (χ0v) is 30.9. The largest absolute Gasteiger partial charge is 0.456 e. The Kier molecular flexibility index (Phi) is 7.64. The van der Waals surface area contributed by atoms with Crippen molar-refractivity contribution >= 4 is 53.4 Å². The fourth-order valence-corrected chi connectivity index (χ4v) is 9.23. The predicted molar refractivity (Wildman–Crippen MR) is 233 cm³/mol. The van der Waals surface area contributed by atoms with Gasteiger partial charge >= 0.3 is 0 Å². The van der Waals surface area contributed by atoms with E-state index in [-0.39, 0.29) is 0 Å². The second kappa shape index (κ2) is 13.3. The molecule has 0 aliphatic heterocycles. The number of fused-ring (bicyclic) bond motifs is 6. The minimum Gasteiger partial charge on any atom is -0.456 e. The quantitative estimate of drug-likeness (QED) is 0.171. The lowest BCUT2D eigenvalue weighted by Crippen LogP contribution is -2.02. The first-order valence-corrected chi connectivity index (χ1v) is 19.5. The minimum absolute atomic E-state index is 0.575. The normalized spacial score (nSPS) is 11.6. The third-order valence-electron chi connectivity index (χ3n) is 10.6. The molecular formula is C51H31N3OS. The topological polar surface area (TPSA) is 51.8 Å². The van der Waals surface area contributed by atoms with Gasteiger partial charge in [0, 0.05) is 58.8 Å². The van der Waals surface area contributed by atoms with Crippen molar-refractivity contribution in [3.63, 3.8) is 0 Å². The van der Waals surface area contributed by atoms with Crippen LogP contribution in [0.15, 0.2) is 192 Å². The van der Waals surface area contributed by atoms with Crippen molar-refractivity contribution in [2.45, 2.75) is 0 Å². The van der Waals surface area contributed by atoms with Crippen LogP contribution in [-0.4, -0.2) is 15.0 Å². The number of furan rings is 1. The number of benzene rings is 8. The third-order valence-corrected chi connectivity index (χ3v) is 11.8. The lowest BCUT2D eigenvalue weighted by molar-refractivity contribution is 0.669. The summed E-state index contributed by atoms with van der Waals surface area (Å²) in [7, 11) is 0. The van der Waals surface area contributed by atoms with E-state index in [1.54, 1.807) is 0 Å². The molecular weight excluding hydrogens is 703 g/mol. The number of hydrogen-bond donors (Lipinski definition) is 0. The van der Waals surface area contributed by atoms with Crippen LogP contribution in [0, 0.1) is 0 Å². The van der Waals surface area contributed by atoms with Crippen molar-refractivity contribution < 1.29 is 4.42 Å². The van der Waals surface area contributed by atoms with Gasteiger partial charge in [-0.25, -0.2) is 15.0 Å². The zero-order valence-electron chi connectivity index (χ0n) is 30.1. The Morgan fingerprint density at radius 3 is 1.75 bits per heavy atom. The molecule has 56 heavy (non-hydrogen) atoms. The number of para-hydroxylation sites is 1. The number of hydrogen-bond acceptors (Lipinski definition) is 5. The molecule has 0 fully saturated rings. The molecule has 0 radical (unpaired) electrons. The molecule has 0 spiro atoms. The molecule has 4 nitrogen and oxygen atoms in total. The Morgan fingerprint density at radius 2 is 0.911 bits per heavy atom. The minimum atomic E-state index is 0.575. The molecule has 3 aromatic heterocycles. The number of aromatic nitrogens is 3. The zero-order chi connectivity index (χ0) is 37.0. The van der Waals surface area contributed by atoms with Gasteiger partial charge in [-0.3, -0.25) is 0 Å². The number of rotatable bonds is 6. The van der Waals surface area contributed by atoms with E-state index in [0.29, 0.717) is 17.5 Å². The van der Waals surface area contributed by atoms with Crippen LogP contribution in [0.2, 0.25) is 0 Å². The molecule has 0 saturated heterocycles. The highest BCUT2D eigenvalue weighted by atomic mass is 32.1. The maximum absolute atomic E-state index is 6.35. The smallest absolute Gasteiger partial charge is 0.164 e. The van der Waals surface area contributed by atoms with Crippen molar-refractivity contribution in [2.24, 2.45) is 0 Å². The molecule has 0 bridgehead atoms. The summed E-state index contributed by atoms with van der Waals surface area (Å²) in [6.45, 7) is 0.